The molecule has 0 saturated carbocycles. The predicted molar refractivity (Wildman–Crippen MR) is 71.7 cm³/mol. The molecule has 3 nitrogen and oxygen atoms in total. The molecule has 1 aromatic carbocycles. The Balaban J connectivity index is 1.98. The zero-order chi connectivity index (χ0) is 13.0. The first-order valence-electron chi connectivity index (χ1n) is 6.56. The number of hydrogen-bond acceptors (Lipinski definition) is 2. The lowest BCUT2D eigenvalue weighted by molar-refractivity contribution is 0.0613. The van der Waals surface area contributed by atoms with Crippen molar-refractivity contribution in [1.82, 2.24) is 4.90 Å². The molecule has 98 valence electrons. The van der Waals surface area contributed by atoms with Crippen LogP contribution in [0.3, 0.4) is 0 Å². The van der Waals surface area contributed by atoms with E-state index in [0.29, 0.717) is 5.92 Å². The Morgan fingerprint density at radius 3 is 2.61 bits per heavy atom. The quantitative estimate of drug-likeness (QED) is 0.821. The van der Waals surface area contributed by atoms with Gasteiger partial charge in [0.1, 0.15) is 0 Å². The molecule has 1 heterocycles. The first kappa shape index (κ1) is 13.1. The third-order valence-electron chi connectivity index (χ3n) is 3.68. The zero-order valence-electron chi connectivity index (χ0n) is 11.2. The van der Waals surface area contributed by atoms with Crippen LogP contribution in [-0.4, -0.2) is 37.6 Å². The Bertz CT molecular complexity index is 409. The molecule has 0 atom stereocenters. The van der Waals surface area contributed by atoms with Crippen molar-refractivity contribution in [2.75, 3.05) is 26.8 Å². The number of ether oxygens (including phenoxy) is 1. The monoisotopic (exact) mass is 247 g/mol. The number of hydrogen-bond donors (Lipinski definition) is 0. The van der Waals surface area contributed by atoms with E-state index in [-0.39, 0.29) is 5.91 Å². The van der Waals surface area contributed by atoms with Crippen LogP contribution in [0.5, 0.6) is 0 Å². The van der Waals surface area contributed by atoms with Crippen LogP contribution in [-0.2, 0) is 4.74 Å². The number of nitrogens with zero attached hydrogens (tertiary/aromatic N) is 1. The summed E-state index contributed by atoms with van der Waals surface area (Å²) in [7, 11) is 1.74. The van der Waals surface area contributed by atoms with E-state index < -0.39 is 0 Å². The normalized spacial score (nSPS) is 16.9. The van der Waals surface area contributed by atoms with Crippen LogP contribution >= 0.6 is 0 Å². The van der Waals surface area contributed by atoms with Gasteiger partial charge in [0.25, 0.3) is 5.91 Å². The van der Waals surface area contributed by atoms with Gasteiger partial charge in [0.15, 0.2) is 0 Å². The molecular formula is C15H21NO2. The molecule has 18 heavy (non-hydrogen) atoms. The number of aryl methyl sites for hydroxylation is 1. The van der Waals surface area contributed by atoms with Crippen molar-refractivity contribution in [1.29, 1.82) is 0 Å². The maximum absolute atomic E-state index is 12.4. The van der Waals surface area contributed by atoms with Crippen LogP contribution < -0.4 is 0 Å². The first-order chi connectivity index (χ1) is 8.72. The van der Waals surface area contributed by atoms with Gasteiger partial charge in [0.05, 0.1) is 0 Å². The summed E-state index contributed by atoms with van der Waals surface area (Å²) in [5.74, 6) is 0.778. The fraction of sp³-hybridized carbons (Fsp3) is 0.533. The topological polar surface area (TPSA) is 29.5 Å². The number of amides is 1. The van der Waals surface area contributed by atoms with Gasteiger partial charge in [-0.2, -0.15) is 0 Å². The molecular weight excluding hydrogens is 226 g/mol. The van der Waals surface area contributed by atoms with E-state index in [0.717, 1.165) is 43.7 Å². The van der Waals surface area contributed by atoms with Crippen molar-refractivity contribution in [3.05, 3.63) is 35.4 Å². The summed E-state index contributed by atoms with van der Waals surface area (Å²) >= 11 is 0. The number of likely N-dealkylation sites (tertiary alicyclic amines) is 1. The van der Waals surface area contributed by atoms with E-state index in [9.17, 15) is 4.79 Å². The number of carbonyl (C=O) groups is 1. The number of carbonyl (C=O) groups excluding carboxylic acids is 1. The molecule has 1 aliphatic heterocycles. The smallest absolute Gasteiger partial charge is 0.254 e. The van der Waals surface area contributed by atoms with Gasteiger partial charge < -0.3 is 9.64 Å². The van der Waals surface area contributed by atoms with Gasteiger partial charge in [-0.05, 0) is 37.3 Å². The predicted octanol–water partition coefficient (Wildman–Crippen LogP) is 2.49. The number of methoxy groups -OCH3 is 1. The minimum Gasteiger partial charge on any atom is -0.384 e. The summed E-state index contributed by atoms with van der Waals surface area (Å²) in [6.07, 6.45) is 2.09. The van der Waals surface area contributed by atoms with Gasteiger partial charge in [0, 0.05) is 32.4 Å². The van der Waals surface area contributed by atoms with Crippen LogP contribution in [0.25, 0.3) is 0 Å². The molecule has 0 aliphatic carbocycles. The summed E-state index contributed by atoms with van der Waals surface area (Å²) in [5, 5.41) is 0. The Morgan fingerprint density at radius 1 is 1.33 bits per heavy atom. The van der Waals surface area contributed by atoms with Gasteiger partial charge in [-0.3, -0.25) is 4.79 Å². The van der Waals surface area contributed by atoms with Gasteiger partial charge >= 0.3 is 0 Å². The SMILES string of the molecule is COCC1CCN(C(=O)c2ccccc2C)CC1. The molecule has 1 aliphatic rings. The molecule has 0 N–H and O–H groups in total. The molecule has 3 heteroatoms. The van der Waals surface area contributed by atoms with Gasteiger partial charge in [-0.25, -0.2) is 0 Å². The second-order valence-corrected chi connectivity index (χ2v) is 5.01. The van der Waals surface area contributed by atoms with Crippen molar-refractivity contribution in [2.45, 2.75) is 19.8 Å². The molecule has 0 spiro atoms. The second-order valence-electron chi connectivity index (χ2n) is 5.01. The lowest BCUT2D eigenvalue weighted by Gasteiger charge is -2.32. The van der Waals surface area contributed by atoms with Gasteiger partial charge in [-0.1, -0.05) is 18.2 Å². The molecule has 0 radical (unpaired) electrons. The summed E-state index contributed by atoms with van der Waals surface area (Å²) < 4.78 is 5.18. The highest BCUT2D eigenvalue weighted by molar-refractivity contribution is 5.95. The maximum atomic E-state index is 12.4. The number of rotatable bonds is 3. The van der Waals surface area contributed by atoms with Gasteiger partial charge in [0.2, 0.25) is 0 Å². The zero-order valence-corrected chi connectivity index (χ0v) is 11.2. The fourth-order valence-electron chi connectivity index (χ4n) is 2.52. The third kappa shape index (κ3) is 2.91. The Hall–Kier alpha value is -1.35. The highest BCUT2D eigenvalue weighted by atomic mass is 16.5. The summed E-state index contributed by atoms with van der Waals surface area (Å²) in [6.45, 7) is 4.50. The van der Waals surface area contributed by atoms with E-state index in [4.69, 9.17) is 4.74 Å². The van der Waals surface area contributed by atoms with Crippen molar-refractivity contribution in [2.24, 2.45) is 5.92 Å². The molecule has 2 rings (SSSR count). The van der Waals surface area contributed by atoms with E-state index in [1.165, 1.54) is 0 Å². The van der Waals surface area contributed by atoms with Crippen LogP contribution in [0.4, 0.5) is 0 Å². The van der Waals surface area contributed by atoms with Crippen molar-refractivity contribution in [3.63, 3.8) is 0 Å². The lowest BCUT2D eigenvalue weighted by Crippen LogP contribution is -2.39. The van der Waals surface area contributed by atoms with Crippen LogP contribution in [0.2, 0.25) is 0 Å². The minimum absolute atomic E-state index is 0.170. The minimum atomic E-state index is 0.170. The van der Waals surface area contributed by atoms with E-state index in [1.54, 1.807) is 7.11 Å². The molecule has 1 amide bonds. The Morgan fingerprint density at radius 2 is 2.00 bits per heavy atom. The average Bonchev–Trinajstić information content (AvgIpc) is 2.40. The summed E-state index contributed by atoms with van der Waals surface area (Å²) in [6, 6.07) is 7.80. The molecule has 0 unspecified atom stereocenters. The Labute approximate surface area is 109 Å². The molecule has 0 aromatic heterocycles. The van der Waals surface area contributed by atoms with Gasteiger partial charge in [-0.15, -0.1) is 0 Å². The summed E-state index contributed by atoms with van der Waals surface area (Å²) in [5.41, 5.74) is 1.89. The highest BCUT2D eigenvalue weighted by Gasteiger charge is 2.24. The van der Waals surface area contributed by atoms with Crippen LogP contribution in [0.1, 0.15) is 28.8 Å². The number of benzene rings is 1. The summed E-state index contributed by atoms with van der Waals surface area (Å²) in [4.78, 5) is 14.3. The largest absolute Gasteiger partial charge is 0.384 e. The van der Waals surface area contributed by atoms with E-state index in [1.807, 2.05) is 36.1 Å². The molecule has 1 saturated heterocycles. The standard InChI is InChI=1S/C15H21NO2/c1-12-5-3-4-6-14(12)15(17)16-9-7-13(8-10-16)11-18-2/h3-6,13H,7-11H2,1-2H3. The van der Waals surface area contributed by atoms with Crippen molar-refractivity contribution >= 4 is 5.91 Å². The average molecular weight is 247 g/mol. The maximum Gasteiger partial charge on any atom is 0.254 e. The third-order valence-corrected chi connectivity index (χ3v) is 3.68. The first-order valence-corrected chi connectivity index (χ1v) is 6.56. The molecule has 0 bridgehead atoms. The van der Waals surface area contributed by atoms with E-state index in [2.05, 4.69) is 0 Å². The molecule has 1 fully saturated rings. The van der Waals surface area contributed by atoms with Crippen LogP contribution in [0, 0.1) is 12.8 Å². The van der Waals surface area contributed by atoms with E-state index >= 15 is 0 Å². The number of piperidine rings is 1. The van der Waals surface area contributed by atoms with Crippen LogP contribution in [0.15, 0.2) is 24.3 Å². The Kier molecular flexibility index (Phi) is 4.37. The lowest BCUT2D eigenvalue weighted by atomic mass is 9.97. The molecule has 1 aromatic rings. The fourth-order valence-corrected chi connectivity index (χ4v) is 2.52. The van der Waals surface area contributed by atoms with Crippen molar-refractivity contribution in [3.8, 4) is 0 Å². The second kappa shape index (κ2) is 6.01. The highest BCUT2D eigenvalue weighted by Crippen LogP contribution is 2.20. The van der Waals surface area contributed by atoms with Crippen molar-refractivity contribution < 1.29 is 9.53 Å².